The number of nitrogens with one attached hydrogen (secondary N) is 2. The molecule has 2 aromatic rings. The fraction of sp³-hybridized carbons (Fsp3) is 0. The first-order chi connectivity index (χ1) is 13.1. The van der Waals surface area contributed by atoms with E-state index in [2.05, 4.69) is 10.6 Å². The Bertz CT molecular complexity index is 1110. The van der Waals surface area contributed by atoms with Gasteiger partial charge in [-0.3, -0.25) is 19.5 Å². The molecule has 0 aliphatic rings. The molecular weight excluding hydrogens is 412 g/mol. The summed E-state index contributed by atoms with van der Waals surface area (Å²) >= 11 is 5.92. The van der Waals surface area contributed by atoms with Gasteiger partial charge in [-0.05, 0) is 30.3 Å². The van der Waals surface area contributed by atoms with E-state index in [4.69, 9.17) is 21.4 Å². The number of rotatable bonds is 6. The Morgan fingerprint density at radius 3 is 2.43 bits per heavy atom. The molecule has 2 rings (SSSR count). The number of non-ortho nitro benzene ring substituents is 1. The van der Waals surface area contributed by atoms with Crippen LogP contribution >= 0.6 is 11.6 Å². The number of anilines is 2. The minimum Gasteiger partial charge on any atom is -0.359 e. The fourth-order valence-electron chi connectivity index (χ4n) is 1.94. The lowest BCUT2D eigenvalue weighted by molar-refractivity contribution is -0.384. The Hall–Kier alpha value is -3.46. The van der Waals surface area contributed by atoms with Gasteiger partial charge in [0.25, 0.3) is 21.7 Å². The second-order valence-corrected chi connectivity index (χ2v) is 7.02. The summed E-state index contributed by atoms with van der Waals surface area (Å²) in [6.45, 7) is 0. The maximum atomic E-state index is 12.2. The Morgan fingerprint density at radius 2 is 1.89 bits per heavy atom. The van der Waals surface area contributed by atoms with Crippen LogP contribution in [0.15, 0.2) is 59.1 Å². The molecule has 0 atom stereocenters. The van der Waals surface area contributed by atoms with Crippen LogP contribution in [0.4, 0.5) is 17.1 Å². The van der Waals surface area contributed by atoms with Crippen molar-refractivity contribution in [3.05, 3.63) is 69.4 Å². The highest BCUT2D eigenvalue weighted by molar-refractivity contribution is 7.85. The molecule has 1 amide bonds. The van der Waals surface area contributed by atoms with Crippen molar-refractivity contribution in [2.75, 3.05) is 10.6 Å². The van der Waals surface area contributed by atoms with Crippen molar-refractivity contribution >= 4 is 44.7 Å². The second-order valence-electron chi connectivity index (χ2n) is 5.19. The minimum absolute atomic E-state index is 0.119. The lowest BCUT2D eigenvalue weighted by atomic mass is 10.2. The molecule has 0 saturated heterocycles. The number of hydrogen-bond donors (Lipinski definition) is 3. The van der Waals surface area contributed by atoms with Gasteiger partial charge in [0.15, 0.2) is 0 Å². The number of nitro benzene ring substituents is 1. The number of halogens is 1. The summed E-state index contributed by atoms with van der Waals surface area (Å²) in [6.07, 6.45) is 1.02. The zero-order chi connectivity index (χ0) is 20.9. The Morgan fingerprint density at radius 1 is 1.25 bits per heavy atom. The Labute approximate surface area is 163 Å². The van der Waals surface area contributed by atoms with Gasteiger partial charge in [-0.1, -0.05) is 11.6 Å². The highest BCUT2D eigenvalue weighted by atomic mass is 35.5. The number of nitro groups is 1. The van der Waals surface area contributed by atoms with Crippen LogP contribution in [0.1, 0.15) is 0 Å². The van der Waals surface area contributed by atoms with Crippen molar-refractivity contribution in [2.45, 2.75) is 4.90 Å². The predicted molar refractivity (Wildman–Crippen MR) is 100 cm³/mol. The molecule has 10 nitrogen and oxygen atoms in total. The molecular formula is C16H11ClN4O6S. The quantitative estimate of drug-likeness (QED) is 0.210. The molecule has 0 spiro atoms. The summed E-state index contributed by atoms with van der Waals surface area (Å²) in [5, 5.41) is 25.0. The van der Waals surface area contributed by atoms with E-state index in [1.807, 2.05) is 0 Å². The third kappa shape index (κ3) is 5.27. The van der Waals surface area contributed by atoms with Crippen LogP contribution in [0.25, 0.3) is 0 Å². The van der Waals surface area contributed by atoms with Crippen LogP contribution in [-0.2, 0) is 14.9 Å². The van der Waals surface area contributed by atoms with Crippen molar-refractivity contribution in [1.29, 1.82) is 5.26 Å². The SMILES string of the molecule is N#C/C(=C/Nc1cc([N+](=O)[O-])ccc1Cl)C(=O)Nc1ccc(S(=O)(=O)O)cc1. The maximum absolute atomic E-state index is 12.2. The molecule has 0 saturated carbocycles. The third-order valence-corrected chi connectivity index (χ3v) is 4.51. The Kier molecular flexibility index (Phi) is 6.32. The van der Waals surface area contributed by atoms with E-state index in [1.165, 1.54) is 24.3 Å². The zero-order valence-electron chi connectivity index (χ0n) is 13.8. The van der Waals surface area contributed by atoms with Crippen LogP contribution in [-0.4, -0.2) is 23.8 Å². The van der Waals surface area contributed by atoms with Gasteiger partial charge in [0.05, 0.1) is 20.5 Å². The van der Waals surface area contributed by atoms with E-state index in [0.29, 0.717) is 0 Å². The van der Waals surface area contributed by atoms with Crippen molar-refractivity contribution in [3.63, 3.8) is 0 Å². The molecule has 0 bridgehead atoms. The molecule has 0 aliphatic carbocycles. The van der Waals surface area contributed by atoms with E-state index >= 15 is 0 Å². The molecule has 0 aliphatic heterocycles. The van der Waals surface area contributed by atoms with Gasteiger partial charge < -0.3 is 10.6 Å². The topological polar surface area (TPSA) is 162 Å². The van der Waals surface area contributed by atoms with Crippen molar-refractivity contribution in [1.82, 2.24) is 0 Å². The molecule has 0 fully saturated rings. The number of hydrogen-bond acceptors (Lipinski definition) is 7. The van der Waals surface area contributed by atoms with Gasteiger partial charge >= 0.3 is 0 Å². The number of carbonyl (C=O) groups is 1. The number of carbonyl (C=O) groups excluding carboxylic acids is 1. The average Bonchev–Trinajstić information content (AvgIpc) is 2.63. The first-order valence-electron chi connectivity index (χ1n) is 7.31. The number of nitriles is 1. The van der Waals surface area contributed by atoms with Crippen molar-refractivity contribution in [2.24, 2.45) is 0 Å². The monoisotopic (exact) mass is 422 g/mol. The molecule has 0 aromatic heterocycles. The Balaban J connectivity index is 2.16. The third-order valence-electron chi connectivity index (χ3n) is 3.31. The predicted octanol–water partition coefficient (Wildman–Crippen LogP) is 2.95. The van der Waals surface area contributed by atoms with Crippen LogP contribution in [0.3, 0.4) is 0 Å². The number of nitrogens with zero attached hydrogens (tertiary/aromatic N) is 2. The first-order valence-corrected chi connectivity index (χ1v) is 9.13. The molecule has 144 valence electrons. The smallest absolute Gasteiger partial charge is 0.294 e. The van der Waals surface area contributed by atoms with Crippen LogP contribution in [0, 0.1) is 21.4 Å². The highest BCUT2D eigenvalue weighted by Crippen LogP contribution is 2.26. The number of benzene rings is 2. The zero-order valence-corrected chi connectivity index (χ0v) is 15.4. The summed E-state index contributed by atoms with van der Waals surface area (Å²) < 4.78 is 30.9. The average molecular weight is 423 g/mol. The molecule has 2 aromatic carbocycles. The largest absolute Gasteiger partial charge is 0.359 e. The summed E-state index contributed by atoms with van der Waals surface area (Å²) in [6, 6.07) is 9.88. The maximum Gasteiger partial charge on any atom is 0.294 e. The van der Waals surface area contributed by atoms with Crippen molar-refractivity contribution in [3.8, 4) is 6.07 Å². The van der Waals surface area contributed by atoms with Gasteiger partial charge in [0, 0.05) is 24.0 Å². The van der Waals surface area contributed by atoms with Gasteiger partial charge in [-0.2, -0.15) is 13.7 Å². The van der Waals surface area contributed by atoms with Gasteiger partial charge in [0.2, 0.25) is 0 Å². The van der Waals surface area contributed by atoms with Crippen LogP contribution in [0.2, 0.25) is 5.02 Å². The standard InChI is InChI=1S/C16H11ClN4O6S/c17-14-6-3-12(21(23)24)7-15(14)19-9-10(8-18)16(22)20-11-1-4-13(5-2-11)28(25,26)27/h1-7,9,19H,(H,20,22)(H,25,26,27)/b10-9-. The van der Waals surface area contributed by atoms with Crippen molar-refractivity contribution < 1.29 is 22.7 Å². The van der Waals surface area contributed by atoms with E-state index in [9.17, 15) is 23.3 Å². The van der Waals surface area contributed by atoms with E-state index in [0.717, 1.165) is 24.4 Å². The van der Waals surface area contributed by atoms with Gasteiger partial charge in [0.1, 0.15) is 11.6 Å². The summed E-state index contributed by atoms with van der Waals surface area (Å²) in [5.74, 6) is -0.823. The molecule has 28 heavy (non-hydrogen) atoms. The molecule has 12 heteroatoms. The van der Waals surface area contributed by atoms with E-state index in [1.54, 1.807) is 6.07 Å². The molecule has 3 N–H and O–H groups in total. The highest BCUT2D eigenvalue weighted by Gasteiger charge is 2.13. The summed E-state index contributed by atoms with van der Waals surface area (Å²) in [7, 11) is -4.37. The van der Waals surface area contributed by atoms with Crippen LogP contribution < -0.4 is 10.6 Å². The minimum atomic E-state index is -4.37. The summed E-state index contributed by atoms with van der Waals surface area (Å²) in [4.78, 5) is 22.0. The normalized spacial score (nSPS) is 11.4. The summed E-state index contributed by atoms with van der Waals surface area (Å²) in [5.41, 5.74) is -0.315. The fourth-order valence-corrected chi connectivity index (χ4v) is 2.60. The second kappa shape index (κ2) is 8.49. The van der Waals surface area contributed by atoms with E-state index in [-0.39, 0.29) is 32.6 Å². The number of amides is 1. The molecule has 0 heterocycles. The van der Waals surface area contributed by atoms with Gasteiger partial charge in [-0.25, -0.2) is 0 Å². The lowest BCUT2D eigenvalue weighted by Crippen LogP contribution is -2.14. The lowest BCUT2D eigenvalue weighted by Gasteiger charge is -2.07. The molecule has 0 radical (unpaired) electrons. The van der Waals surface area contributed by atoms with E-state index < -0.39 is 20.9 Å². The van der Waals surface area contributed by atoms with Gasteiger partial charge in [-0.15, -0.1) is 0 Å². The van der Waals surface area contributed by atoms with Crippen LogP contribution in [0.5, 0.6) is 0 Å². The molecule has 0 unspecified atom stereocenters. The first kappa shape index (κ1) is 20.8.